The molecule has 3 aromatic heterocycles. The lowest BCUT2D eigenvalue weighted by atomic mass is 10.2. The van der Waals surface area contributed by atoms with E-state index in [0.29, 0.717) is 41.7 Å². The molecule has 26 heavy (non-hydrogen) atoms. The summed E-state index contributed by atoms with van der Waals surface area (Å²) < 4.78 is 11.0. The molecule has 8 heteroatoms. The van der Waals surface area contributed by atoms with Crippen molar-refractivity contribution in [1.82, 2.24) is 20.2 Å². The van der Waals surface area contributed by atoms with Gasteiger partial charge in [0.2, 0.25) is 5.88 Å². The highest BCUT2D eigenvalue weighted by Gasteiger charge is 2.19. The number of pyridine rings is 2. The maximum Gasteiger partial charge on any atom is 0.256 e. The molecule has 0 bridgehead atoms. The normalized spacial score (nSPS) is 16.4. The van der Waals surface area contributed by atoms with E-state index in [-0.39, 0.29) is 12.0 Å². The Labute approximate surface area is 149 Å². The van der Waals surface area contributed by atoms with Crippen LogP contribution in [0.3, 0.4) is 0 Å². The minimum Gasteiger partial charge on any atom is -0.472 e. The molecule has 4 heterocycles. The molecule has 0 aliphatic carbocycles. The summed E-state index contributed by atoms with van der Waals surface area (Å²) in [6.45, 7) is 1.22. The second kappa shape index (κ2) is 7.32. The first kappa shape index (κ1) is 16.2. The molecular formula is C18H17N5O3. The Kier molecular flexibility index (Phi) is 4.57. The first-order chi connectivity index (χ1) is 12.8. The van der Waals surface area contributed by atoms with Gasteiger partial charge in [-0.3, -0.25) is 14.9 Å². The molecule has 8 nitrogen and oxygen atoms in total. The summed E-state index contributed by atoms with van der Waals surface area (Å²) >= 11 is 0. The maximum atomic E-state index is 12.6. The van der Waals surface area contributed by atoms with Crippen LogP contribution in [0.4, 0.5) is 5.69 Å². The fraction of sp³-hybridized carbons (Fsp3) is 0.222. The number of carbonyl (C=O) groups is 1. The van der Waals surface area contributed by atoms with Gasteiger partial charge in [-0.2, -0.15) is 5.10 Å². The van der Waals surface area contributed by atoms with Crippen LogP contribution in [0.15, 0.2) is 48.9 Å². The van der Waals surface area contributed by atoms with Crippen molar-refractivity contribution in [3.8, 4) is 17.3 Å². The van der Waals surface area contributed by atoms with Crippen LogP contribution in [0.5, 0.6) is 5.88 Å². The summed E-state index contributed by atoms with van der Waals surface area (Å²) in [5.41, 5.74) is 2.34. The topological polar surface area (TPSA) is 102 Å². The van der Waals surface area contributed by atoms with E-state index in [1.165, 1.54) is 0 Å². The highest BCUT2D eigenvalue weighted by molar-refractivity contribution is 6.05. The molecule has 1 atom stereocenters. The molecule has 1 aliphatic heterocycles. The van der Waals surface area contributed by atoms with E-state index in [0.717, 1.165) is 6.42 Å². The summed E-state index contributed by atoms with van der Waals surface area (Å²) in [7, 11) is 0. The van der Waals surface area contributed by atoms with Crippen LogP contribution in [-0.4, -0.2) is 45.4 Å². The van der Waals surface area contributed by atoms with E-state index in [1.54, 1.807) is 30.7 Å². The number of aromatic nitrogens is 4. The summed E-state index contributed by atoms with van der Waals surface area (Å²) in [4.78, 5) is 21.0. The second-order valence-corrected chi connectivity index (χ2v) is 5.81. The molecule has 3 aromatic rings. The number of anilines is 1. The van der Waals surface area contributed by atoms with Gasteiger partial charge in [0.05, 0.1) is 30.8 Å². The average Bonchev–Trinajstić information content (AvgIpc) is 3.35. The molecule has 0 saturated carbocycles. The van der Waals surface area contributed by atoms with Crippen molar-refractivity contribution >= 4 is 11.6 Å². The summed E-state index contributed by atoms with van der Waals surface area (Å²) in [5, 5.41) is 9.71. The number of nitrogens with zero attached hydrogens (tertiary/aromatic N) is 3. The van der Waals surface area contributed by atoms with Crippen LogP contribution in [0.1, 0.15) is 16.8 Å². The van der Waals surface area contributed by atoms with E-state index < -0.39 is 0 Å². The highest BCUT2D eigenvalue weighted by Crippen LogP contribution is 2.24. The third kappa shape index (κ3) is 3.55. The van der Waals surface area contributed by atoms with Gasteiger partial charge in [-0.25, -0.2) is 4.98 Å². The second-order valence-electron chi connectivity index (χ2n) is 5.81. The largest absolute Gasteiger partial charge is 0.472 e. The Balaban J connectivity index is 1.50. The van der Waals surface area contributed by atoms with Crippen molar-refractivity contribution in [3.05, 3.63) is 54.5 Å². The predicted molar refractivity (Wildman–Crippen MR) is 93.9 cm³/mol. The van der Waals surface area contributed by atoms with Gasteiger partial charge < -0.3 is 14.8 Å². The molecule has 1 unspecified atom stereocenters. The number of carbonyl (C=O) groups excluding carboxylic acids is 1. The Hall–Kier alpha value is -3.26. The molecule has 0 spiro atoms. The van der Waals surface area contributed by atoms with Crippen LogP contribution in [0, 0.1) is 0 Å². The fourth-order valence-electron chi connectivity index (χ4n) is 2.67. The minimum absolute atomic E-state index is 0.0227. The monoisotopic (exact) mass is 351 g/mol. The minimum atomic E-state index is -0.279. The Morgan fingerprint density at radius 3 is 3.04 bits per heavy atom. The van der Waals surface area contributed by atoms with Crippen molar-refractivity contribution < 1.29 is 14.3 Å². The average molecular weight is 351 g/mol. The lowest BCUT2D eigenvalue weighted by molar-refractivity contribution is 0.102. The van der Waals surface area contributed by atoms with Crippen molar-refractivity contribution in [2.75, 3.05) is 18.5 Å². The van der Waals surface area contributed by atoms with Gasteiger partial charge in [0.25, 0.3) is 5.91 Å². The number of hydrogen-bond acceptors (Lipinski definition) is 6. The van der Waals surface area contributed by atoms with Gasteiger partial charge in [-0.05, 0) is 18.2 Å². The van der Waals surface area contributed by atoms with Crippen LogP contribution in [-0.2, 0) is 4.74 Å². The van der Waals surface area contributed by atoms with Gasteiger partial charge in [-0.15, -0.1) is 0 Å². The molecule has 0 aromatic carbocycles. The molecular weight excluding hydrogens is 334 g/mol. The van der Waals surface area contributed by atoms with Crippen LogP contribution < -0.4 is 10.1 Å². The standard InChI is InChI=1S/C18H17N5O3/c24-18(12-4-7-20-16(9-12)26-13-5-8-25-11-13)22-15-10-21-23-17(15)14-3-1-2-6-19-14/h1-4,6-7,9-10,13H,5,8,11H2,(H,21,23)(H,22,24). The fourth-order valence-corrected chi connectivity index (χ4v) is 2.67. The zero-order valence-corrected chi connectivity index (χ0v) is 13.9. The summed E-state index contributed by atoms with van der Waals surface area (Å²) in [5.74, 6) is 0.129. The zero-order chi connectivity index (χ0) is 17.8. The molecule has 132 valence electrons. The van der Waals surface area contributed by atoms with Crippen molar-refractivity contribution in [2.24, 2.45) is 0 Å². The molecule has 1 saturated heterocycles. The molecule has 4 rings (SSSR count). The number of hydrogen-bond donors (Lipinski definition) is 2. The number of rotatable bonds is 5. The number of ether oxygens (including phenoxy) is 2. The van der Waals surface area contributed by atoms with Crippen LogP contribution in [0.25, 0.3) is 11.4 Å². The first-order valence-electron chi connectivity index (χ1n) is 8.26. The lowest BCUT2D eigenvalue weighted by Crippen LogP contribution is -2.17. The number of H-pyrrole nitrogens is 1. The van der Waals surface area contributed by atoms with Gasteiger partial charge in [-0.1, -0.05) is 6.07 Å². The molecule has 1 fully saturated rings. The maximum absolute atomic E-state index is 12.6. The lowest BCUT2D eigenvalue weighted by Gasteiger charge is -2.11. The molecule has 0 radical (unpaired) electrons. The van der Waals surface area contributed by atoms with E-state index in [9.17, 15) is 4.79 Å². The van der Waals surface area contributed by atoms with Crippen LogP contribution >= 0.6 is 0 Å². The number of amides is 1. The molecule has 1 aliphatic rings. The zero-order valence-electron chi connectivity index (χ0n) is 13.9. The van der Waals surface area contributed by atoms with Gasteiger partial charge >= 0.3 is 0 Å². The van der Waals surface area contributed by atoms with Crippen molar-refractivity contribution in [2.45, 2.75) is 12.5 Å². The third-order valence-electron chi connectivity index (χ3n) is 3.98. The van der Waals surface area contributed by atoms with Crippen molar-refractivity contribution in [3.63, 3.8) is 0 Å². The van der Waals surface area contributed by atoms with Crippen molar-refractivity contribution in [1.29, 1.82) is 0 Å². The third-order valence-corrected chi connectivity index (χ3v) is 3.98. The van der Waals surface area contributed by atoms with Crippen LogP contribution in [0.2, 0.25) is 0 Å². The Bertz CT molecular complexity index is 891. The Morgan fingerprint density at radius 1 is 1.27 bits per heavy atom. The molecule has 1 amide bonds. The van der Waals surface area contributed by atoms with E-state index >= 15 is 0 Å². The van der Waals surface area contributed by atoms with E-state index in [2.05, 4.69) is 25.5 Å². The summed E-state index contributed by atoms with van der Waals surface area (Å²) in [6, 6.07) is 8.78. The van der Waals surface area contributed by atoms with Gasteiger partial charge in [0.15, 0.2) is 0 Å². The number of nitrogens with one attached hydrogen (secondary N) is 2. The van der Waals surface area contributed by atoms with Gasteiger partial charge in [0, 0.05) is 30.4 Å². The van der Waals surface area contributed by atoms with E-state index in [4.69, 9.17) is 9.47 Å². The molecule has 2 N–H and O–H groups in total. The Morgan fingerprint density at radius 2 is 2.23 bits per heavy atom. The van der Waals surface area contributed by atoms with E-state index in [1.807, 2.05) is 18.2 Å². The first-order valence-corrected chi connectivity index (χ1v) is 8.26. The quantitative estimate of drug-likeness (QED) is 0.731. The highest BCUT2D eigenvalue weighted by atomic mass is 16.5. The summed E-state index contributed by atoms with van der Waals surface area (Å²) in [6.07, 6.45) is 5.58. The number of aromatic amines is 1. The predicted octanol–water partition coefficient (Wildman–Crippen LogP) is 2.29. The smallest absolute Gasteiger partial charge is 0.256 e. The SMILES string of the molecule is O=C(Nc1cn[nH]c1-c1ccccn1)c1ccnc(OC2CCOC2)c1. The van der Waals surface area contributed by atoms with Gasteiger partial charge in [0.1, 0.15) is 11.8 Å².